The summed E-state index contributed by atoms with van der Waals surface area (Å²) in [5.74, 6) is -1.65. The third-order valence-electron chi connectivity index (χ3n) is 4.12. The number of thioether (sulfide) groups is 1. The number of carbonyl (C=O) groups excluding carboxylic acids is 2. The van der Waals surface area contributed by atoms with E-state index in [1.54, 1.807) is 25.3 Å². The summed E-state index contributed by atoms with van der Waals surface area (Å²) >= 11 is 2.76. The summed E-state index contributed by atoms with van der Waals surface area (Å²) in [6.45, 7) is 3.60. The van der Waals surface area contributed by atoms with Crippen molar-refractivity contribution in [1.82, 2.24) is 10.2 Å². The fourth-order valence-corrected chi connectivity index (χ4v) is 5.33. The number of carboxylic acids is 1. The molecule has 3 heterocycles. The molecule has 124 valence electrons. The van der Waals surface area contributed by atoms with Gasteiger partial charge in [-0.2, -0.15) is 0 Å². The largest absolute Gasteiger partial charge is 0.480 e. The van der Waals surface area contributed by atoms with Crippen LogP contribution in [0.15, 0.2) is 11.4 Å². The van der Waals surface area contributed by atoms with Gasteiger partial charge < -0.3 is 21.1 Å². The van der Waals surface area contributed by atoms with E-state index in [4.69, 9.17) is 5.73 Å². The lowest BCUT2D eigenvalue weighted by Crippen LogP contribution is -2.70. The summed E-state index contributed by atoms with van der Waals surface area (Å²) in [5.41, 5.74) is 6.50. The van der Waals surface area contributed by atoms with Crippen LogP contribution in [0.1, 0.15) is 19.4 Å². The maximum Gasteiger partial charge on any atom is 0.327 e. The molecule has 7 nitrogen and oxygen atoms in total. The predicted octanol–water partition coefficient (Wildman–Crippen LogP) is 0.504. The zero-order valence-electron chi connectivity index (χ0n) is 12.6. The summed E-state index contributed by atoms with van der Waals surface area (Å²) in [6.07, 6.45) is 0.113. The van der Waals surface area contributed by atoms with Crippen LogP contribution in [0.4, 0.5) is 5.00 Å². The molecule has 0 aliphatic carbocycles. The third kappa shape index (κ3) is 2.57. The van der Waals surface area contributed by atoms with E-state index in [0.29, 0.717) is 5.00 Å². The van der Waals surface area contributed by atoms with Crippen molar-refractivity contribution in [2.45, 2.75) is 42.5 Å². The number of rotatable bonds is 4. The molecule has 23 heavy (non-hydrogen) atoms. The Kier molecular flexibility index (Phi) is 3.80. The molecule has 4 N–H and O–H groups in total. The monoisotopic (exact) mass is 355 g/mol. The Bertz CT molecular complexity index is 687. The molecular weight excluding hydrogens is 338 g/mol. The van der Waals surface area contributed by atoms with Gasteiger partial charge in [0, 0.05) is 4.75 Å². The smallest absolute Gasteiger partial charge is 0.327 e. The molecule has 2 aliphatic rings. The van der Waals surface area contributed by atoms with Crippen LogP contribution in [0.25, 0.3) is 0 Å². The first-order valence-corrected chi connectivity index (χ1v) is 8.82. The number of nitrogens with two attached hydrogens (primary N) is 1. The molecule has 9 heteroatoms. The molecule has 2 aliphatic heterocycles. The number of amides is 2. The fraction of sp³-hybridized carbons (Fsp3) is 0.500. The van der Waals surface area contributed by atoms with Crippen molar-refractivity contribution in [3.05, 3.63) is 17.0 Å². The molecule has 0 radical (unpaired) electrons. The molecule has 0 bridgehead atoms. The average Bonchev–Trinajstić information content (AvgIpc) is 2.95. The molecular formula is C14H17N3O4S2. The highest BCUT2D eigenvalue weighted by molar-refractivity contribution is 8.01. The standard InChI is InChI=1S/C14H17N3O4S2/c1-14(2)9(13(20)21)17-11(19)8(12(17)23-14)16-7(18)5-6-3-4-22-10(6)15/h3-4,8-9,12H,5,15H2,1-2H3,(H,16,18)(H,20,21)/t8-,9+,12-/m1/s1. The highest BCUT2D eigenvalue weighted by atomic mass is 32.2. The van der Waals surface area contributed by atoms with Gasteiger partial charge in [-0.3, -0.25) is 9.59 Å². The Morgan fingerprint density at radius 3 is 2.74 bits per heavy atom. The lowest BCUT2D eigenvalue weighted by atomic mass is 9.96. The Balaban J connectivity index is 1.68. The number of thiophene rings is 1. The topological polar surface area (TPSA) is 113 Å². The van der Waals surface area contributed by atoms with Crippen molar-refractivity contribution in [2.24, 2.45) is 0 Å². The first-order valence-electron chi connectivity index (χ1n) is 7.06. The van der Waals surface area contributed by atoms with Crippen LogP contribution in [0.5, 0.6) is 0 Å². The van der Waals surface area contributed by atoms with Crippen LogP contribution >= 0.6 is 23.1 Å². The van der Waals surface area contributed by atoms with E-state index < -0.39 is 22.8 Å². The fourth-order valence-electron chi connectivity index (χ4n) is 3.04. The van der Waals surface area contributed by atoms with Crippen molar-refractivity contribution in [3.63, 3.8) is 0 Å². The number of fused-ring (bicyclic) bond motifs is 1. The molecule has 2 fully saturated rings. The van der Waals surface area contributed by atoms with Crippen LogP contribution in [0.2, 0.25) is 0 Å². The number of hydrogen-bond acceptors (Lipinski definition) is 6. The van der Waals surface area contributed by atoms with E-state index in [1.165, 1.54) is 28.0 Å². The van der Waals surface area contributed by atoms with Gasteiger partial charge >= 0.3 is 5.97 Å². The van der Waals surface area contributed by atoms with E-state index in [2.05, 4.69) is 5.32 Å². The number of aliphatic carboxylic acids is 1. The third-order valence-corrected chi connectivity index (χ3v) is 6.48. The van der Waals surface area contributed by atoms with Gasteiger partial charge in [0.1, 0.15) is 17.5 Å². The summed E-state index contributed by atoms with van der Waals surface area (Å²) in [6, 6.07) is 0.240. The summed E-state index contributed by atoms with van der Waals surface area (Å²) in [7, 11) is 0. The number of β-lactam (4-membered cyclic amide) rings is 1. The van der Waals surface area contributed by atoms with Gasteiger partial charge in [-0.25, -0.2) is 4.79 Å². The quantitative estimate of drug-likeness (QED) is 0.678. The minimum atomic E-state index is -1.02. The SMILES string of the molecule is CC1(C)S[C@@H]2[C@H](NC(=O)Cc3ccsc3N)C(=O)N2[C@H]1C(=O)O. The van der Waals surface area contributed by atoms with Crippen molar-refractivity contribution < 1.29 is 19.5 Å². The Labute approximate surface area is 141 Å². The Morgan fingerprint density at radius 2 is 2.17 bits per heavy atom. The van der Waals surface area contributed by atoms with E-state index in [-0.39, 0.29) is 23.6 Å². The molecule has 3 atom stereocenters. The van der Waals surface area contributed by atoms with Gasteiger partial charge in [-0.1, -0.05) is 0 Å². The Hall–Kier alpha value is -1.74. The van der Waals surface area contributed by atoms with Gasteiger partial charge in [-0.15, -0.1) is 23.1 Å². The van der Waals surface area contributed by atoms with Crippen LogP contribution in [0.3, 0.4) is 0 Å². The second-order valence-corrected chi connectivity index (χ2v) is 8.85. The second-order valence-electron chi connectivity index (χ2n) is 6.13. The van der Waals surface area contributed by atoms with Crippen LogP contribution in [-0.2, 0) is 20.8 Å². The van der Waals surface area contributed by atoms with Crippen LogP contribution < -0.4 is 11.1 Å². The number of anilines is 1. The average molecular weight is 355 g/mol. The zero-order valence-corrected chi connectivity index (χ0v) is 14.2. The van der Waals surface area contributed by atoms with Crippen molar-refractivity contribution in [1.29, 1.82) is 0 Å². The molecule has 0 unspecified atom stereocenters. The number of carboxylic acid groups (broad SMARTS) is 1. The van der Waals surface area contributed by atoms with Crippen LogP contribution in [0, 0.1) is 0 Å². The number of hydrogen-bond donors (Lipinski definition) is 3. The molecule has 2 amide bonds. The molecule has 2 saturated heterocycles. The van der Waals surface area contributed by atoms with E-state index in [1.807, 2.05) is 0 Å². The number of carbonyl (C=O) groups is 3. The molecule has 3 rings (SSSR count). The summed E-state index contributed by atoms with van der Waals surface area (Å²) in [4.78, 5) is 37.2. The normalized spacial score (nSPS) is 28.2. The van der Waals surface area contributed by atoms with E-state index in [0.717, 1.165) is 5.56 Å². The number of nitrogens with one attached hydrogen (secondary N) is 1. The molecule has 1 aromatic heterocycles. The van der Waals surface area contributed by atoms with Gasteiger partial charge in [0.25, 0.3) is 0 Å². The van der Waals surface area contributed by atoms with Gasteiger partial charge in [-0.05, 0) is 30.9 Å². The first-order chi connectivity index (χ1) is 10.7. The molecule has 1 aromatic rings. The highest BCUT2D eigenvalue weighted by Crippen LogP contribution is 2.50. The predicted molar refractivity (Wildman–Crippen MR) is 88.1 cm³/mol. The van der Waals surface area contributed by atoms with Crippen molar-refractivity contribution >= 4 is 45.9 Å². The number of nitrogen functional groups attached to an aromatic ring is 1. The molecule has 0 saturated carbocycles. The van der Waals surface area contributed by atoms with Gasteiger partial charge in [0.05, 0.1) is 11.4 Å². The maximum absolute atomic E-state index is 12.3. The van der Waals surface area contributed by atoms with Gasteiger partial charge in [0.2, 0.25) is 11.8 Å². The van der Waals surface area contributed by atoms with Crippen molar-refractivity contribution in [3.8, 4) is 0 Å². The van der Waals surface area contributed by atoms with E-state index in [9.17, 15) is 19.5 Å². The van der Waals surface area contributed by atoms with E-state index >= 15 is 0 Å². The molecule has 0 spiro atoms. The second kappa shape index (κ2) is 5.41. The maximum atomic E-state index is 12.3. The van der Waals surface area contributed by atoms with Crippen LogP contribution in [-0.4, -0.2) is 50.0 Å². The lowest BCUT2D eigenvalue weighted by molar-refractivity contribution is -0.161. The Morgan fingerprint density at radius 1 is 1.48 bits per heavy atom. The summed E-state index contributed by atoms with van der Waals surface area (Å²) < 4.78 is -0.594. The summed E-state index contributed by atoms with van der Waals surface area (Å²) in [5, 5.41) is 14.1. The number of nitrogens with zero attached hydrogens (tertiary/aromatic N) is 1. The highest BCUT2D eigenvalue weighted by Gasteiger charge is 2.64. The van der Waals surface area contributed by atoms with Gasteiger partial charge in [0.15, 0.2) is 0 Å². The molecule has 0 aromatic carbocycles. The first kappa shape index (κ1) is 16.1. The van der Waals surface area contributed by atoms with Crippen molar-refractivity contribution in [2.75, 3.05) is 5.73 Å². The zero-order chi connectivity index (χ0) is 16.9. The minimum absolute atomic E-state index is 0.113. The minimum Gasteiger partial charge on any atom is -0.480 e. The lowest BCUT2D eigenvalue weighted by Gasteiger charge is -2.43.